The lowest BCUT2D eigenvalue weighted by molar-refractivity contribution is 0.544. The topological polar surface area (TPSA) is 0 Å². The molecule has 0 saturated carbocycles. The first-order valence-corrected chi connectivity index (χ1v) is 10.6. The van der Waals surface area contributed by atoms with Crippen molar-refractivity contribution in [3.05, 3.63) is 47.0 Å². The van der Waals surface area contributed by atoms with Crippen LogP contribution in [0.3, 0.4) is 0 Å². The number of rotatable bonds is 6. The van der Waals surface area contributed by atoms with Gasteiger partial charge in [-0.05, 0) is 51.5 Å². The second kappa shape index (κ2) is 23.0. The average Bonchev–Trinajstić information content (AvgIpc) is 2.68. The van der Waals surface area contributed by atoms with E-state index in [1.165, 1.54) is 48.8 Å². The van der Waals surface area contributed by atoms with Gasteiger partial charge in [0.2, 0.25) is 0 Å². The molecule has 1 aromatic rings. The Hall–Kier alpha value is -1.04. The molecule has 1 rings (SSSR count). The Morgan fingerprint density at radius 2 is 1.44 bits per heavy atom. The van der Waals surface area contributed by atoms with Gasteiger partial charge in [0.05, 0.1) is 0 Å². The van der Waals surface area contributed by atoms with E-state index >= 15 is 0 Å². The summed E-state index contributed by atoms with van der Waals surface area (Å²) in [6.45, 7) is 21.5. The van der Waals surface area contributed by atoms with Gasteiger partial charge in [0.15, 0.2) is 0 Å². The van der Waals surface area contributed by atoms with E-state index in [2.05, 4.69) is 85.7 Å². The molecule has 0 aliphatic carbocycles. The van der Waals surface area contributed by atoms with E-state index in [4.69, 9.17) is 0 Å². The summed E-state index contributed by atoms with van der Waals surface area (Å²) >= 11 is 0. The molecule has 0 amide bonds. The molecule has 0 spiro atoms. The van der Waals surface area contributed by atoms with E-state index in [1.54, 1.807) is 0 Å². The molecule has 0 aromatic heterocycles. The number of unbranched alkanes of at least 4 members (excludes halogenated alkanes) is 1. The van der Waals surface area contributed by atoms with Gasteiger partial charge in [-0.3, -0.25) is 0 Å². The fourth-order valence-electron chi connectivity index (χ4n) is 1.71. The van der Waals surface area contributed by atoms with E-state index in [0.717, 1.165) is 12.3 Å². The van der Waals surface area contributed by atoms with Crippen molar-refractivity contribution >= 4 is 0 Å². The Labute approximate surface area is 161 Å². The monoisotopic (exact) mass is 348 g/mol. The highest BCUT2D eigenvalue weighted by Gasteiger charge is 1.88. The zero-order valence-electron chi connectivity index (χ0n) is 19.2. The standard InChI is InChI=1S/C9H12.C8H16.C6H14.C2H6/c1-3-9-6-4-8(2)5-7-9;1-4-6-7-8(3)5-2;1-4-6(3)5-2;1-2/h4-7H,3H2,1-2H3;5H,4,6-7H2,1-3H3;6H,4-5H2,1-3H3;1-2H3/b;8-5+;;. The highest BCUT2D eigenvalue weighted by Crippen LogP contribution is 2.04. The maximum Gasteiger partial charge on any atom is -0.0307 e. The molecule has 148 valence electrons. The molecule has 0 nitrogen and oxygen atoms in total. The van der Waals surface area contributed by atoms with Crippen molar-refractivity contribution in [3.63, 3.8) is 0 Å². The number of hydrogen-bond donors (Lipinski definition) is 0. The van der Waals surface area contributed by atoms with Gasteiger partial charge in [-0.2, -0.15) is 0 Å². The Morgan fingerprint density at radius 1 is 0.960 bits per heavy atom. The quantitative estimate of drug-likeness (QED) is 0.449. The lowest BCUT2D eigenvalue weighted by Crippen LogP contribution is -1.85. The van der Waals surface area contributed by atoms with Crippen molar-refractivity contribution in [2.24, 2.45) is 5.92 Å². The molecule has 0 N–H and O–H groups in total. The van der Waals surface area contributed by atoms with Crippen molar-refractivity contribution < 1.29 is 0 Å². The zero-order chi connectivity index (χ0) is 20.1. The molecule has 0 fully saturated rings. The van der Waals surface area contributed by atoms with Gasteiger partial charge in [0, 0.05) is 0 Å². The summed E-state index contributed by atoms with van der Waals surface area (Å²) in [6.07, 6.45) is 9.93. The molecule has 0 atom stereocenters. The van der Waals surface area contributed by atoms with Crippen LogP contribution in [0, 0.1) is 12.8 Å². The zero-order valence-corrected chi connectivity index (χ0v) is 19.2. The molecule has 0 bridgehead atoms. The summed E-state index contributed by atoms with van der Waals surface area (Å²) in [7, 11) is 0. The molecule has 0 radical (unpaired) electrons. The van der Waals surface area contributed by atoms with Crippen LogP contribution < -0.4 is 0 Å². The van der Waals surface area contributed by atoms with Crippen LogP contribution in [0.1, 0.15) is 106 Å². The highest BCUT2D eigenvalue weighted by atomic mass is 13.9. The third-order valence-electron chi connectivity index (χ3n) is 4.34. The van der Waals surface area contributed by atoms with Gasteiger partial charge >= 0.3 is 0 Å². The third kappa shape index (κ3) is 23.0. The van der Waals surface area contributed by atoms with Crippen molar-refractivity contribution in [1.82, 2.24) is 0 Å². The maximum atomic E-state index is 2.28. The molecule has 25 heavy (non-hydrogen) atoms. The molecule has 0 heterocycles. The number of benzene rings is 1. The summed E-state index contributed by atoms with van der Waals surface area (Å²) in [4.78, 5) is 0. The molecule has 0 unspecified atom stereocenters. The number of aryl methyl sites for hydroxylation is 2. The van der Waals surface area contributed by atoms with Gasteiger partial charge in [-0.25, -0.2) is 0 Å². The lowest BCUT2D eigenvalue weighted by atomic mass is 10.1. The molecule has 0 saturated heterocycles. The van der Waals surface area contributed by atoms with Crippen LogP contribution >= 0.6 is 0 Å². The van der Waals surface area contributed by atoms with Crippen molar-refractivity contribution in [3.8, 4) is 0 Å². The van der Waals surface area contributed by atoms with Crippen LogP contribution in [-0.2, 0) is 6.42 Å². The maximum absolute atomic E-state index is 2.28. The van der Waals surface area contributed by atoms with E-state index in [9.17, 15) is 0 Å². The van der Waals surface area contributed by atoms with Crippen LogP contribution in [0.15, 0.2) is 35.9 Å². The summed E-state index contributed by atoms with van der Waals surface area (Å²) < 4.78 is 0. The molecule has 0 heteroatoms. The Balaban J connectivity index is -0.000000282. The minimum absolute atomic E-state index is 0.935. The highest BCUT2D eigenvalue weighted by molar-refractivity contribution is 5.20. The minimum Gasteiger partial charge on any atom is -0.0887 e. The van der Waals surface area contributed by atoms with Crippen LogP contribution in [0.25, 0.3) is 0 Å². The second-order valence-corrected chi connectivity index (χ2v) is 6.50. The number of hydrogen-bond acceptors (Lipinski definition) is 0. The average molecular weight is 349 g/mol. The minimum atomic E-state index is 0.935. The van der Waals surface area contributed by atoms with E-state index in [-0.39, 0.29) is 0 Å². The number of allylic oxidation sites excluding steroid dienone is 2. The predicted molar refractivity (Wildman–Crippen MR) is 121 cm³/mol. The fourth-order valence-corrected chi connectivity index (χ4v) is 1.71. The first-order valence-electron chi connectivity index (χ1n) is 10.6. The van der Waals surface area contributed by atoms with E-state index < -0.39 is 0 Å². The van der Waals surface area contributed by atoms with Gasteiger partial charge in [-0.15, -0.1) is 0 Å². The summed E-state index contributed by atoms with van der Waals surface area (Å²) in [5.41, 5.74) is 4.28. The summed E-state index contributed by atoms with van der Waals surface area (Å²) in [6, 6.07) is 8.66. The van der Waals surface area contributed by atoms with Gasteiger partial charge in [0.25, 0.3) is 0 Å². The van der Waals surface area contributed by atoms with Crippen LogP contribution in [0.4, 0.5) is 0 Å². The lowest BCUT2D eigenvalue weighted by Gasteiger charge is -1.98. The Bertz CT molecular complexity index is 366. The van der Waals surface area contributed by atoms with Gasteiger partial charge < -0.3 is 0 Å². The predicted octanol–water partition coefficient (Wildman–Crippen LogP) is 9.17. The largest absolute Gasteiger partial charge is 0.0887 e. The van der Waals surface area contributed by atoms with Gasteiger partial charge in [0.1, 0.15) is 0 Å². The molecular weight excluding hydrogens is 300 g/mol. The second-order valence-electron chi connectivity index (χ2n) is 6.50. The third-order valence-corrected chi connectivity index (χ3v) is 4.34. The summed E-state index contributed by atoms with van der Waals surface area (Å²) in [5.74, 6) is 0.935. The van der Waals surface area contributed by atoms with Crippen molar-refractivity contribution in [2.75, 3.05) is 0 Å². The SMILES string of the molecule is C/C=C(\C)CCCC.CC.CCC(C)CC.CCc1ccc(C)cc1. The normalized spacial score (nSPS) is 9.96. The molecule has 1 aromatic carbocycles. The Morgan fingerprint density at radius 3 is 1.72 bits per heavy atom. The first-order chi connectivity index (χ1) is 11.9. The smallest absolute Gasteiger partial charge is 0.0307 e. The van der Waals surface area contributed by atoms with Crippen molar-refractivity contribution in [1.29, 1.82) is 0 Å². The first kappa shape index (κ1) is 28.8. The van der Waals surface area contributed by atoms with E-state index in [1.807, 2.05) is 13.8 Å². The Kier molecular flexibility index (Phi) is 26.4. The van der Waals surface area contributed by atoms with Crippen molar-refractivity contribution in [2.45, 2.75) is 108 Å². The fraction of sp³-hybridized carbons (Fsp3) is 0.680. The molecule has 0 aliphatic heterocycles. The molecule has 0 aliphatic rings. The molecular formula is C25H48. The van der Waals surface area contributed by atoms with Gasteiger partial charge in [-0.1, -0.05) is 109 Å². The van der Waals surface area contributed by atoms with Crippen LogP contribution in [-0.4, -0.2) is 0 Å². The van der Waals surface area contributed by atoms with Crippen LogP contribution in [0.5, 0.6) is 0 Å². The van der Waals surface area contributed by atoms with E-state index in [0.29, 0.717) is 0 Å². The van der Waals surface area contributed by atoms with Crippen LogP contribution in [0.2, 0.25) is 0 Å². The summed E-state index contributed by atoms with van der Waals surface area (Å²) in [5, 5.41) is 0.